The topological polar surface area (TPSA) is 48.0 Å². The quantitative estimate of drug-likeness (QED) is 0.185. The molecule has 6 nitrogen and oxygen atoms in total. The second kappa shape index (κ2) is 14.0. The molecule has 0 N–H and O–H groups in total. The van der Waals surface area contributed by atoms with Gasteiger partial charge in [-0.25, -0.2) is 0 Å². The van der Waals surface area contributed by atoms with E-state index in [-0.39, 0.29) is 23.7 Å². The minimum absolute atomic E-state index is 0. The molecule has 0 unspecified atom stereocenters. The summed E-state index contributed by atoms with van der Waals surface area (Å²) < 4.78 is 1.18. The summed E-state index contributed by atoms with van der Waals surface area (Å²) in [5.41, 5.74) is 3.75. The molecule has 4 aliphatic rings. The van der Waals surface area contributed by atoms with Crippen LogP contribution in [0.1, 0.15) is 55.2 Å². The first-order valence-electron chi connectivity index (χ1n) is 15.4. The molecule has 4 fully saturated rings. The van der Waals surface area contributed by atoms with Crippen LogP contribution >= 0.6 is 23.2 Å². The van der Waals surface area contributed by atoms with Gasteiger partial charge < -0.3 is 26.7 Å². The number of rotatable bonds is 10. The van der Waals surface area contributed by atoms with E-state index in [1.807, 2.05) is 30.3 Å². The van der Waals surface area contributed by atoms with E-state index in [1.165, 1.54) is 61.6 Å². The number of hydrogen-bond acceptors (Lipinski definition) is 4. The Balaban J connectivity index is 0.00000384. The zero-order chi connectivity index (χ0) is 29.9. The molecule has 4 aliphatic heterocycles. The Morgan fingerprint density at radius 2 is 1.64 bits per heavy atom. The molecule has 0 aromatic heterocycles. The lowest BCUT2D eigenvalue weighted by Crippen LogP contribution is -3.00. The number of piperidine rings is 4. The summed E-state index contributed by atoms with van der Waals surface area (Å²) >= 11 is 13.0. The van der Waals surface area contributed by atoms with Gasteiger partial charge in [0.15, 0.2) is 5.75 Å². The van der Waals surface area contributed by atoms with Gasteiger partial charge in [0.1, 0.15) is 0 Å². The van der Waals surface area contributed by atoms with Crippen LogP contribution in [-0.2, 0) is 32.0 Å². The highest BCUT2D eigenvalue weighted by molar-refractivity contribution is 6.42. The van der Waals surface area contributed by atoms with Gasteiger partial charge in [-0.1, -0.05) is 71.7 Å². The van der Waals surface area contributed by atoms with Crippen molar-refractivity contribution in [2.75, 3.05) is 46.4 Å². The van der Waals surface area contributed by atoms with Crippen molar-refractivity contribution in [1.82, 2.24) is 4.90 Å². The van der Waals surface area contributed by atoms with Crippen molar-refractivity contribution < 1.29 is 36.5 Å². The Hall–Kier alpha value is -2.32. The molecule has 236 valence electrons. The van der Waals surface area contributed by atoms with Gasteiger partial charge in [-0.05, 0) is 58.8 Å². The summed E-state index contributed by atoms with van der Waals surface area (Å²) in [6.45, 7) is 6.22. The highest BCUT2D eigenvalue weighted by Crippen LogP contribution is 2.48. The van der Waals surface area contributed by atoms with E-state index in [2.05, 4.69) is 51.2 Å². The fourth-order valence-corrected chi connectivity index (χ4v) is 8.20. The first-order chi connectivity index (χ1) is 20.8. The van der Waals surface area contributed by atoms with E-state index in [9.17, 15) is 4.79 Å². The average Bonchev–Trinajstić information content (AvgIpc) is 3.06. The second-order valence-corrected chi connectivity index (χ2v) is 13.7. The average molecular weight is 660 g/mol. The van der Waals surface area contributed by atoms with Crippen molar-refractivity contribution >= 4 is 29.1 Å². The lowest BCUT2D eigenvalue weighted by atomic mass is 9.65. The summed E-state index contributed by atoms with van der Waals surface area (Å²) in [7, 11) is 1.38. The van der Waals surface area contributed by atoms with Gasteiger partial charge in [0, 0.05) is 49.6 Å². The Kier molecular flexibility index (Phi) is 10.5. The normalized spacial score (nSPS) is 26.2. The van der Waals surface area contributed by atoms with E-state index in [0.29, 0.717) is 34.2 Å². The maximum Gasteiger partial charge on any atom is 0.227 e. The van der Waals surface area contributed by atoms with Gasteiger partial charge in [0.05, 0.1) is 49.8 Å². The molecule has 0 spiro atoms. The minimum atomic E-state index is -0.169. The summed E-state index contributed by atoms with van der Waals surface area (Å²) in [6, 6.07) is 24.6. The number of hydrogen-bond donors (Lipinski definition) is 0. The van der Waals surface area contributed by atoms with E-state index >= 15 is 0 Å². The second-order valence-electron chi connectivity index (χ2n) is 12.9. The largest absolute Gasteiger partial charge is 1.00 e. The molecular formula is C35H41Cl3N2O4. The van der Waals surface area contributed by atoms with Crippen molar-refractivity contribution in [3.05, 3.63) is 99.5 Å². The SMILES string of the molecule is COOOc1cccc(CC(=O)N2CCC[C@](CC[N+]34CCC(c5ccccc5)(CC3)CC4)(c3ccc(Cl)c(Cl)c3)C2)c1.[Cl-]. The Labute approximate surface area is 277 Å². The summed E-state index contributed by atoms with van der Waals surface area (Å²) in [6.07, 6.45) is 7.04. The molecule has 0 radical (unpaired) electrons. The fourth-order valence-electron chi connectivity index (χ4n) is 7.90. The molecule has 1 amide bonds. The molecule has 2 bridgehead atoms. The van der Waals surface area contributed by atoms with Gasteiger partial charge in [0.25, 0.3) is 0 Å². The predicted molar refractivity (Wildman–Crippen MR) is 169 cm³/mol. The third kappa shape index (κ3) is 6.91. The number of fused-ring (bicyclic) bond motifs is 3. The van der Waals surface area contributed by atoms with Gasteiger partial charge in [-0.3, -0.25) is 4.79 Å². The first-order valence-corrected chi connectivity index (χ1v) is 16.2. The molecular weight excluding hydrogens is 619 g/mol. The molecule has 9 heteroatoms. The van der Waals surface area contributed by atoms with Crippen LogP contribution in [0.4, 0.5) is 0 Å². The van der Waals surface area contributed by atoms with E-state index in [4.69, 9.17) is 28.1 Å². The van der Waals surface area contributed by atoms with Crippen molar-refractivity contribution in [2.24, 2.45) is 0 Å². The van der Waals surface area contributed by atoms with Crippen LogP contribution in [-0.4, -0.2) is 61.7 Å². The zero-order valence-corrected chi connectivity index (χ0v) is 27.5. The third-order valence-electron chi connectivity index (χ3n) is 10.6. The zero-order valence-electron chi connectivity index (χ0n) is 25.3. The molecule has 1 atom stereocenters. The molecule has 0 aliphatic carbocycles. The fraction of sp³-hybridized carbons (Fsp3) is 0.457. The maximum absolute atomic E-state index is 13.7. The molecule has 3 aromatic rings. The number of likely N-dealkylation sites (tertiary alicyclic amines) is 1. The van der Waals surface area contributed by atoms with Gasteiger partial charge in [-0.2, -0.15) is 4.89 Å². The molecule has 44 heavy (non-hydrogen) atoms. The molecule has 4 saturated heterocycles. The standard InChI is InChI=1S/C35H41Cl2N2O4.ClH/c1-41-43-42-30-10-5-7-27(23-30)24-33(40)38-18-6-13-35(26-38,29-11-12-31(36)32(37)25-29)17-22-39-19-14-34(15-20-39,16-21-39)28-8-3-2-4-9-28;/h2-5,7-12,23,25H,6,13-22,24,26H2,1H3;1H/q+1;/p-1/t34?,35-,39?;/m1./s1. The highest BCUT2D eigenvalue weighted by Gasteiger charge is 2.51. The van der Waals surface area contributed by atoms with Crippen LogP contribution in [0.3, 0.4) is 0 Å². The Bertz CT molecular complexity index is 1410. The molecule has 3 aromatic carbocycles. The maximum atomic E-state index is 13.7. The van der Waals surface area contributed by atoms with Gasteiger partial charge in [0.2, 0.25) is 5.91 Å². The van der Waals surface area contributed by atoms with Gasteiger partial charge in [-0.15, -0.1) is 0 Å². The number of halogens is 3. The number of benzene rings is 3. The Morgan fingerprint density at radius 3 is 2.34 bits per heavy atom. The number of quaternary nitrogens is 1. The van der Waals surface area contributed by atoms with E-state index in [0.717, 1.165) is 37.9 Å². The first kappa shape index (κ1) is 33.1. The smallest absolute Gasteiger partial charge is 0.227 e. The van der Waals surface area contributed by atoms with Crippen molar-refractivity contribution in [1.29, 1.82) is 0 Å². The summed E-state index contributed by atoms with van der Waals surface area (Å²) in [5, 5.41) is 5.74. The number of carbonyl (C=O) groups excluding carboxylic acids is 1. The minimum Gasteiger partial charge on any atom is -1.00 e. The monoisotopic (exact) mass is 658 g/mol. The number of carbonyl (C=O) groups is 1. The van der Waals surface area contributed by atoms with Crippen LogP contribution in [0.5, 0.6) is 5.75 Å². The lowest BCUT2D eigenvalue weighted by molar-refractivity contribution is -0.944. The number of amides is 1. The van der Waals surface area contributed by atoms with E-state index in [1.54, 1.807) is 6.07 Å². The van der Waals surface area contributed by atoms with Crippen LogP contribution in [0.15, 0.2) is 72.8 Å². The van der Waals surface area contributed by atoms with Crippen LogP contribution in [0.2, 0.25) is 10.0 Å². The molecule has 7 rings (SSSR count). The van der Waals surface area contributed by atoms with Gasteiger partial charge >= 0.3 is 0 Å². The summed E-state index contributed by atoms with van der Waals surface area (Å²) in [4.78, 5) is 25.4. The predicted octanol–water partition coefficient (Wildman–Crippen LogP) is 4.31. The Morgan fingerprint density at radius 1 is 0.886 bits per heavy atom. The lowest BCUT2D eigenvalue weighted by Gasteiger charge is -2.56. The third-order valence-corrected chi connectivity index (χ3v) is 11.3. The van der Waals surface area contributed by atoms with Crippen molar-refractivity contribution in [3.8, 4) is 5.75 Å². The highest BCUT2D eigenvalue weighted by atomic mass is 35.5. The molecule has 4 heterocycles. The van der Waals surface area contributed by atoms with Crippen molar-refractivity contribution in [3.63, 3.8) is 0 Å². The van der Waals surface area contributed by atoms with E-state index < -0.39 is 0 Å². The van der Waals surface area contributed by atoms with Crippen LogP contribution < -0.4 is 17.3 Å². The van der Waals surface area contributed by atoms with Crippen LogP contribution in [0, 0.1) is 0 Å². The summed E-state index contributed by atoms with van der Waals surface area (Å²) in [5.74, 6) is 0.605. The van der Waals surface area contributed by atoms with Crippen LogP contribution in [0.25, 0.3) is 0 Å². The number of nitrogens with zero attached hydrogens (tertiary/aromatic N) is 2. The van der Waals surface area contributed by atoms with Crippen molar-refractivity contribution in [2.45, 2.75) is 55.8 Å². The molecule has 0 saturated carbocycles.